The van der Waals surface area contributed by atoms with Crippen molar-refractivity contribution in [1.82, 2.24) is 0 Å². The summed E-state index contributed by atoms with van der Waals surface area (Å²) in [6.07, 6.45) is 0. The standard InChI is InChI=1S/C23H21Cl2NO3/c1-14-9-15(2)11-18(10-14)29-13-17-12-16(7-8-21(17)28-3)23(27)26-20-6-4-5-19(24)22(20)25/h4-12H,13H2,1-3H3,(H,26,27). The molecule has 6 heteroatoms. The molecule has 1 amide bonds. The number of benzene rings is 3. The molecule has 3 rings (SSSR count). The molecule has 0 heterocycles. The molecule has 29 heavy (non-hydrogen) atoms. The summed E-state index contributed by atoms with van der Waals surface area (Å²) in [6, 6.07) is 16.3. The van der Waals surface area contributed by atoms with Gasteiger partial charge in [0.1, 0.15) is 18.1 Å². The Bertz CT molecular complexity index is 1030. The number of halogens is 2. The SMILES string of the molecule is COc1ccc(C(=O)Nc2cccc(Cl)c2Cl)cc1COc1cc(C)cc(C)c1. The zero-order chi connectivity index (χ0) is 21.0. The Labute approximate surface area is 180 Å². The van der Waals surface area contributed by atoms with Gasteiger partial charge in [-0.2, -0.15) is 0 Å². The van der Waals surface area contributed by atoms with Crippen LogP contribution in [0, 0.1) is 13.8 Å². The van der Waals surface area contributed by atoms with Crippen LogP contribution >= 0.6 is 23.2 Å². The molecule has 0 aliphatic heterocycles. The molecule has 0 radical (unpaired) electrons. The third-order valence-electron chi connectivity index (χ3n) is 4.33. The average Bonchev–Trinajstić information content (AvgIpc) is 2.69. The van der Waals surface area contributed by atoms with Crippen molar-refractivity contribution in [2.75, 3.05) is 12.4 Å². The molecule has 0 spiro atoms. The second-order valence-electron chi connectivity index (χ2n) is 6.69. The molecule has 0 atom stereocenters. The van der Waals surface area contributed by atoms with E-state index < -0.39 is 0 Å². The number of hydrogen-bond donors (Lipinski definition) is 1. The first kappa shape index (κ1) is 21.0. The van der Waals surface area contributed by atoms with E-state index in [1.54, 1.807) is 43.5 Å². The normalized spacial score (nSPS) is 10.5. The summed E-state index contributed by atoms with van der Waals surface area (Å²) in [6.45, 7) is 4.31. The fraction of sp³-hybridized carbons (Fsp3) is 0.174. The second-order valence-corrected chi connectivity index (χ2v) is 7.48. The second kappa shape index (κ2) is 9.21. The lowest BCUT2D eigenvalue weighted by Crippen LogP contribution is -2.13. The minimum atomic E-state index is -0.301. The number of amides is 1. The quantitative estimate of drug-likeness (QED) is 0.489. The van der Waals surface area contributed by atoms with E-state index in [4.69, 9.17) is 32.7 Å². The number of nitrogens with one attached hydrogen (secondary N) is 1. The maximum Gasteiger partial charge on any atom is 0.255 e. The van der Waals surface area contributed by atoms with E-state index in [2.05, 4.69) is 11.4 Å². The Kier molecular flexibility index (Phi) is 6.68. The Morgan fingerprint density at radius 2 is 1.72 bits per heavy atom. The van der Waals surface area contributed by atoms with Crippen LogP contribution in [0.15, 0.2) is 54.6 Å². The van der Waals surface area contributed by atoms with Crippen LogP contribution in [0.3, 0.4) is 0 Å². The zero-order valence-electron chi connectivity index (χ0n) is 16.4. The van der Waals surface area contributed by atoms with E-state index in [0.29, 0.717) is 27.0 Å². The summed E-state index contributed by atoms with van der Waals surface area (Å²) in [5.41, 5.74) is 3.92. The molecular formula is C23H21Cl2NO3. The number of ether oxygens (including phenoxy) is 2. The van der Waals surface area contributed by atoms with Crippen LogP contribution in [0.1, 0.15) is 27.0 Å². The van der Waals surface area contributed by atoms with Gasteiger partial charge in [-0.3, -0.25) is 4.79 Å². The molecular weight excluding hydrogens is 409 g/mol. The van der Waals surface area contributed by atoms with Gasteiger partial charge in [0.25, 0.3) is 5.91 Å². The highest BCUT2D eigenvalue weighted by Gasteiger charge is 2.13. The summed E-state index contributed by atoms with van der Waals surface area (Å²) < 4.78 is 11.4. The van der Waals surface area contributed by atoms with Gasteiger partial charge >= 0.3 is 0 Å². The maximum absolute atomic E-state index is 12.7. The first-order valence-electron chi connectivity index (χ1n) is 9.00. The third kappa shape index (κ3) is 5.22. The van der Waals surface area contributed by atoms with Crippen molar-refractivity contribution in [3.63, 3.8) is 0 Å². The van der Waals surface area contributed by atoms with Gasteiger partial charge in [-0.05, 0) is 67.4 Å². The molecule has 0 aliphatic rings. The molecule has 0 aromatic heterocycles. The lowest BCUT2D eigenvalue weighted by Gasteiger charge is -2.13. The monoisotopic (exact) mass is 429 g/mol. The Balaban J connectivity index is 1.80. The van der Waals surface area contributed by atoms with Gasteiger partial charge in [0.05, 0.1) is 22.8 Å². The predicted octanol–water partition coefficient (Wildman–Crippen LogP) is 6.45. The summed E-state index contributed by atoms with van der Waals surface area (Å²) in [7, 11) is 1.58. The molecule has 0 unspecified atom stereocenters. The zero-order valence-corrected chi connectivity index (χ0v) is 17.9. The van der Waals surface area contributed by atoms with E-state index in [0.717, 1.165) is 22.4 Å². The van der Waals surface area contributed by atoms with Crippen molar-refractivity contribution >= 4 is 34.8 Å². The molecule has 0 aliphatic carbocycles. The number of carbonyl (C=O) groups excluding carboxylic acids is 1. The van der Waals surface area contributed by atoms with Crippen LogP contribution in [-0.2, 0) is 6.61 Å². The highest BCUT2D eigenvalue weighted by atomic mass is 35.5. The van der Waals surface area contributed by atoms with E-state index in [1.807, 2.05) is 26.0 Å². The molecule has 3 aromatic rings. The number of aryl methyl sites for hydroxylation is 2. The lowest BCUT2D eigenvalue weighted by molar-refractivity contribution is 0.102. The summed E-state index contributed by atoms with van der Waals surface area (Å²) in [5, 5.41) is 3.46. The van der Waals surface area contributed by atoms with E-state index in [1.165, 1.54) is 0 Å². The molecule has 0 bridgehead atoms. The largest absolute Gasteiger partial charge is 0.496 e. The molecule has 0 saturated carbocycles. The van der Waals surface area contributed by atoms with Crippen molar-refractivity contribution < 1.29 is 14.3 Å². The Hall–Kier alpha value is -2.69. The van der Waals surface area contributed by atoms with Gasteiger partial charge in [-0.1, -0.05) is 35.3 Å². The lowest BCUT2D eigenvalue weighted by atomic mass is 10.1. The third-order valence-corrected chi connectivity index (χ3v) is 5.15. The van der Waals surface area contributed by atoms with Crippen molar-refractivity contribution in [3.05, 3.63) is 86.9 Å². The van der Waals surface area contributed by atoms with Crippen LogP contribution in [0.2, 0.25) is 10.0 Å². The molecule has 150 valence electrons. The Morgan fingerprint density at radius 3 is 2.41 bits per heavy atom. The minimum Gasteiger partial charge on any atom is -0.496 e. The molecule has 4 nitrogen and oxygen atoms in total. The van der Waals surface area contributed by atoms with Gasteiger partial charge in [-0.25, -0.2) is 0 Å². The number of hydrogen-bond acceptors (Lipinski definition) is 3. The van der Waals surface area contributed by atoms with E-state index >= 15 is 0 Å². The van der Waals surface area contributed by atoms with Gasteiger partial charge < -0.3 is 14.8 Å². The molecule has 0 fully saturated rings. The highest BCUT2D eigenvalue weighted by Crippen LogP contribution is 2.30. The van der Waals surface area contributed by atoms with Crippen molar-refractivity contribution in [1.29, 1.82) is 0 Å². The van der Waals surface area contributed by atoms with Crippen LogP contribution in [0.4, 0.5) is 5.69 Å². The van der Waals surface area contributed by atoms with Gasteiger partial charge in [-0.15, -0.1) is 0 Å². The molecule has 0 saturated heterocycles. The fourth-order valence-electron chi connectivity index (χ4n) is 3.00. The summed E-state index contributed by atoms with van der Waals surface area (Å²) in [4.78, 5) is 12.7. The fourth-order valence-corrected chi connectivity index (χ4v) is 3.35. The average molecular weight is 430 g/mol. The number of methoxy groups -OCH3 is 1. The predicted molar refractivity (Wildman–Crippen MR) is 118 cm³/mol. The van der Waals surface area contributed by atoms with Crippen LogP contribution in [0.5, 0.6) is 11.5 Å². The first-order valence-corrected chi connectivity index (χ1v) is 9.76. The van der Waals surface area contributed by atoms with Crippen LogP contribution in [-0.4, -0.2) is 13.0 Å². The Morgan fingerprint density at radius 1 is 1.00 bits per heavy atom. The van der Waals surface area contributed by atoms with Crippen LogP contribution < -0.4 is 14.8 Å². The summed E-state index contributed by atoms with van der Waals surface area (Å²) >= 11 is 12.2. The highest BCUT2D eigenvalue weighted by molar-refractivity contribution is 6.44. The van der Waals surface area contributed by atoms with E-state index in [9.17, 15) is 4.79 Å². The molecule has 3 aromatic carbocycles. The summed E-state index contributed by atoms with van der Waals surface area (Å²) in [5.74, 6) is 1.11. The molecule has 1 N–H and O–H groups in total. The van der Waals surface area contributed by atoms with Gasteiger partial charge in [0, 0.05) is 11.1 Å². The topological polar surface area (TPSA) is 47.6 Å². The maximum atomic E-state index is 12.7. The van der Waals surface area contributed by atoms with Crippen molar-refractivity contribution in [3.8, 4) is 11.5 Å². The van der Waals surface area contributed by atoms with E-state index in [-0.39, 0.29) is 12.5 Å². The van der Waals surface area contributed by atoms with Crippen molar-refractivity contribution in [2.45, 2.75) is 20.5 Å². The first-order chi connectivity index (χ1) is 13.9. The van der Waals surface area contributed by atoms with Crippen LogP contribution in [0.25, 0.3) is 0 Å². The number of rotatable bonds is 6. The van der Waals surface area contributed by atoms with Gasteiger partial charge in [0.15, 0.2) is 0 Å². The van der Waals surface area contributed by atoms with Gasteiger partial charge in [0.2, 0.25) is 0 Å². The van der Waals surface area contributed by atoms with Crippen molar-refractivity contribution in [2.24, 2.45) is 0 Å². The smallest absolute Gasteiger partial charge is 0.255 e. The number of anilines is 1. The minimum absolute atomic E-state index is 0.269. The number of carbonyl (C=O) groups is 1.